The second kappa shape index (κ2) is 5.65. The van der Waals surface area contributed by atoms with Gasteiger partial charge in [0.15, 0.2) is 5.82 Å². The lowest BCUT2D eigenvalue weighted by atomic mass is 9.82. The summed E-state index contributed by atoms with van der Waals surface area (Å²) in [5.74, 6) is 0.846. The van der Waals surface area contributed by atoms with Crippen molar-refractivity contribution in [2.24, 2.45) is 7.05 Å². The highest BCUT2D eigenvalue weighted by Gasteiger charge is 2.46. The Hall–Kier alpha value is -1.01. The van der Waals surface area contributed by atoms with Gasteiger partial charge in [0.05, 0.1) is 13.6 Å². The van der Waals surface area contributed by atoms with E-state index in [2.05, 4.69) is 39.5 Å². The lowest BCUT2D eigenvalue weighted by Crippen LogP contribution is -2.68. The molecule has 1 aromatic rings. The third-order valence-electron chi connectivity index (χ3n) is 5.72. The largest absolute Gasteiger partial charge is 0.308 e. The minimum absolute atomic E-state index is 0.229. The van der Waals surface area contributed by atoms with Gasteiger partial charge >= 0.3 is 0 Å². The van der Waals surface area contributed by atoms with E-state index >= 15 is 0 Å². The molecular weight excluding hydrogens is 264 g/mol. The summed E-state index contributed by atoms with van der Waals surface area (Å²) < 4.78 is 0. The molecule has 1 saturated heterocycles. The number of hydrogen-bond donors (Lipinski definition) is 1. The highest BCUT2D eigenvalue weighted by molar-refractivity contribution is 5.07. The van der Waals surface area contributed by atoms with E-state index in [-0.39, 0.29) is 5.54 Å². The molecule has 1 aromatic heterocycles. The van der Waals surface area contributed by atoms with Crippen LogP contribution in [0, 0.1) is 0 Å². The van der Waals surface area contributed by atoms with Gasteiger partial charge in [0.25, 0.3) is 0 Å². The van der Waals surface area contributed by atoms with Crippen molar-refractivity contribution >= 4 is 0 Å². The van der Waals surface area contributed by atoms with Crippen LogP contribution in [0.2, 0.25) is 0 Å². The van der Waals surface area contributed by atoms with Crippen molar-refractivity contribution in [2.45, 2.75) is 70.0 Å². The molecule has 0 amide bonds. The van der Waals surface area contributed by atoms with Gasteiger partial charge in [0, 0.05) is 24.2 Å². The molecule has 0 atom stereocenters. The van der Waals surface area contributed by atoms with E-state index in [0.29, 0.717) is 5.54 Å². The smallest absolute Gasteiger partial charge is 0.188 e. The van der Waals surface area contributed by atoms with Crippen molar-refractivity contribution in [1.29, 1.82) is 0 Å². The molecule has 2 aliphatic rings. The van der Waals surface area contributed by atoms with Crippen molar-refractivity contribution < 1.29 is 0 Å². The van der Waals surface area contributed by atoms with Gasteiger partial charge in [-0.05, 0) is 30.9 Å². The number of tetrazole rings is 1. The summed E-state index contributed by atoms with van der Waals surface area (Å²) in [4.78, 5) is 4.19. The lowest BCUT2D eigenvalue weighted by Gasteiger charge is -2.53. The zero-order valence-electron chi connectivity index (χ0n) is 13.6. The van der Waals surface area contributed by atoms with E-state index in [4.69, 9.17) is 0 Å². The van der Waals surface area contributed by atoms with E-state index in [1.807, 2.05) is 7.05 Å². The Bertz CT molecular complexity index is 472. The van der Waals surface area contributed by atoms with Crippen molar-refractivity contribution in [1.82, 2.24) is 30.4 Å². The minimum Gasteiger partial charge on any atom is -0.308 e. The summed E-state index contributed by atoms with van der Waals surface area (Å²) >= 11 is 0. The molecule has 3 rings (SSSR count). The van der Waals surface area contributed by atoms with Crippen LogP contribution in [0.4, 0.5) is 0 Å². The van der Waals surface area contributed by atoms with Crippen molar-refractivity contribution in [3.63, 3.8) is 0 Å². The molecule has 6 heteroatoms. The number of hydrogen-bond acceptors (Lipinski definition) is 5. The zero-order chi connectivity index (χ0) is 14.9. The predicted molar refractivity (Wildman–Crippen MR) is 81.7 cm³/mol. The fourth-order valence-corrected chi connectivity index (χ4v) is 4.17. The zero-order valence-corrected chi connectivity index (χ0v) is 13.6. The molecule has 118 valence electrons. The normalized spacial score (nSPS) is 24.7. The quantitative estimate of drug-likeness (QED) is 0.911. The number of aryl methyl sites for hydroxylation is 1. The van der Waals surface area contributed by atoms with Crippen LogP contribution in [-0.2, 0) is 13.6 Å². The van der Waals surface area contributed by atoms with Crippen LogP contribution < -0.4 is 5.32 Å². The van der Waals surface area contributed by atoms with Crippen LogP contribution in [0.5, 0.6) is 0 Å². The van der Waals surface area contributed by atoms with E-state index in [0.717, 1.165) is 38.3 Å². The first-order chi connectivity index (χ1) is 10.1. The maximum absolute atomic E-state index is 4.39. The number of piperazine rings is 1. The maximum Gasteiger partial charge on any atom is 0.188 e. The van der Waals surface area contributed by atoms with Crippen LogP contribution in [0.1, 0.15) is 58.2 Å². The maximum atomic E-state index is 4.39. The predicted octanol–water partition coefficient (Wildman–Crippen LogP) is 1.49. The van der Waals surface area contributed by atoms with Crippen LogP contribution in [0.3, 0.4) is 0 Å². The molecule has 1 spiro atoms. The van der Waals surface area contributed by atoms with Gasteiger partial charge in [0.1, 0.15) is 0 Å². The molecule has 1 saturated carbocycles. The molecule has 0 bridgehead atoms. The van der Waals surface area contributed by atoms with E-state index in [1.165, 1.54) is 25.7 Å². The molecule has 0 radical (unpaired) electrons. The van der Waals surface area contributed by atoms with Crippen molar-refractivity contribution in [3.05, 3.63) is 5.82 Å². The third-order valence-corrected chi connectivity index (χ3v) is 5.72. The molecule has 1 N–H and O–H groups in total. The second-order valence-corrected chi connectivity index (χ2v) is 6.82. The van der Waals surface area contributed by atoms with Gasteiger partial charge in [-0.3, -0.25) is 4.90 Å². The first-order valence-electron chi connectivity index (χ1n) is 8.34. The summed E-state index contributed by atoms with van der Waals surface area (Å²) in [7, 11) is 1.83. The molecule has 2 heterocycles. The molecule has 21 heavy (non-hydrogen) atoms. The van der Waals surface area contributed by atoms with Gasteiger partial charge in [-0.15, -0.1) is 10.2 Å². The molecule has 0 aromatic carbocycles. The fraction of sp³-hybridized carbons (Fsp3) is 0.933. The Morgan fingerprint density at radius 3 is 2.48 bits per heavy atom. The topological polar surface area (TPSA) is 58.9 Å². The Labute approximate surface area is 127 Å². The standard InChI is InChI=1S/C15H28N6/c1-4-15(5-2)11-16-14(8-6-7-9-14)12-21(15)10-13-17-19-20(3)18-13/h16H,4-12H2,1-3H3. The Kier molecular flexibility index (Phi) is 4.01. The van der Waals surface area contributed by atoms with Gasteiger partial charge < -0.3 is 5.32 Å². The third kappa shape index (κ3) is 2.71. The van der Waals surface area contributed by atoms with Gasteiger partial charge in [0.2, 0.25) is 0 Å². The molecule has 0 unspecified atom stereocenters. The van der Waals surface area contributed by atoms with Crippen molar-refractivity contribution in [3.8, 4) is 0 Å². The molecule has 1 aliphatic heterocycles. The second-order valence-electron chi connectivity index (χ2n) is 6.82. The fourth-order valence-electron chi connectivity index (χ4n) is 4.17. The van der Waals surface area contributed by atoms with Crippen LogP contribution in [0.25, 0.3) is 0 Å². The van der Waals surface area contributed by atoms with Crippen LogP contribution in [0.15, 0.2) is 0 Å². The number of aromatic nitrogens is 4. The Morgan fingerprint density at radius 2 is 1.90 bits per heavy atom. The van der Waals surface area contributed by atoms with Crippen molar-refractivity contribution in [2.75, 3.05) is 13.1 Å². The van der Waals surface area contributed by atoms with Crippen LogP contribution in [-0.4, -0.2) is 49.3 Å². The highest BCUT2D eigenvalue weighted by atomic mass is 15.6. The summed E-state index contributed by atoms with van der Waals surface area (Å²) in [6.45, 7) is 7.62. The van der Waals surface area contributed by atoms with E-state index < -0.39 is 0 Å². The summed E-state index contributed by atoms with van der Waals surface area (Å²) in [6.07, 6.45) is 7.65. The Morgan fingerprint density at radius 1 is 1.19 bits per heavy atom. The monoisotopic (exact) mass is 292 g/mol. The first kappa shape index (κ1) is 14.9. The number of nitrogens with zero attached hydrogens (tertiary/aromatic N) is 5. The summed E-state index contributed by atoms with van der Waals surface area (Å²) in [5.41, 5.74) is 0.559. The van der Waals surface area contributed by atoms with Gasteiger partial charge in [-0.25, -0.2) is 0 Å². The highest BCUT2D eigenvalue weighted by Crippen LogP contribution is 2.38. The van der Waals surface area contributed by atoms with Gasteiger partial charge in [-0.1, -0.05) is 26.7 Å². The summed E-state index contributed by atoms with van der Waals surface area (Å²) in [6, 6.07) is 0. The number of nitrogens with one attached hydrogen (secondary N) is 1. The average molecular weight is 292 g/mol. The average Bonchev–Trinajstić information content (AvgIpc) is 3.10. The Balaban J connectivity index is 1.82. The summed E-state index contributed by atoms with van der Waals surface area (Å²) in [5, 5.41) is 16.5. The molecule has 1 aliphatic carbocycles. The SMILES string of the molecule is CCC1(CC)CNC2(CCCC2)CN1Cc1nnn(C)n1. The van der Waals surface area contributed by atoms with E-state index in [9.17, 15) is 0 Å². The number of rotatable bonds is 4. The minimum atomic E-state index is 0.229. The van der Waals surface area contributed by atoms with Crippen LogP contribution >= 0.6 is 0 Å². The first-order valence-corrected chi connectivity index (χ1v) is 8.34. The van der Waals surface area contributed by atoms with Gasteiger partial charge in [-0.2, -0.15) is 4.80 Å². The molecule has 2 fully saturated rings. The molecular formula is C15H28N6. The molecule has 6 nitrogen and oxygen atoms in total. The van der Waals surface area contributed by atoms with E-state index in [1.54, 1.807) is 4.80 Å². The lowest BCUT2D eigenvalue weighted by molar-refractivity contribution is -0.00825.